The Labute approximate surface area is 98.6 Å². The summed E-state index contributed by atoms with van der Waals surface area (Å²) in [4.78, 5) is 10.8. The van der Waals surface area contributed by atoms with E-state index in [9.17, 15) is 18.0 Å². The van der Waals surface area contributed by atoms with E-state index in [0.29, 0.717) is 12.5 Å². The molecule has 16 heavy (non-hydrogen) atoms. The minimum Gasteiger partial charge on any atom is -0.356 e. The van der Waals surface area contributed by atoms with Gasteiger partial charge in [-0.3, -0.25) is 4.79 Å². The van der Waals surface area contributed by atoms with Crippen molar-refractivity contribution in [1.82, 2.24) is 10.6 Å². The Morgan fingerprint density at radius 3 is 2.62 bits per heavy atom. The van der Waals surface area contributed by atoms with Crippen LogP contribution >= 0.6 is 12.4 Å². The molecule has 1 rings (SSSR count). The van der Waals surface area contributed by atoms with E-state index in [2.05, 4.69) is 10.6 Å². The minimum atomic E-state index is -4.40. The van der Waals surface area contributed by atoms with E-state index in [-0.39, 0.29) is 12.4 Å². The average Bonchev–Trinajstić information content (AvgIpc) is 2.53. The van der Waals surface area contributed by atoms with Crippen molar-refractivity contribution in [2.24, 2.45) is 5.92 Å². The molecule has 1 fully saturated rings. The van der Waals surface area contributed by atoms with Crippen molar-refractivity contribution in [3.8, 4) is 0 Å². The molecule has 0 spiro atoms. The molecular formula is C9H16ClF3N2O. The summed E-state index contributed by atoms with van der Waals surface area (Å²) in [6.07, 6.45) is -4.00. The summed E-state index contributed by atoms with van der Waals surface area (Å²) in [6.45, 7) is 2.19. The molecule has 3 nitrogen and oxygen atoms in total. The van der Waals surface area contributed by atoms with Crippen LogP contribution in [0.15, 0.2) is 0 Å². The van der Waals surface area contributed by atoms with Gasteiger partial charge in [0.1, 0.15) is 6.42 Å². The molecule has 1 amide bonds. The summed E-state index contributed by atoms with van der Waals surface area (Å²) in [6, 6.07) is 0. The first-order valence-corrected chi connectivity index (χ1v) is 5.01. The molecule has 0 aromatic rings. The highest BCUT2D eigenvalue weighted by Gasteiger charge is 2.30. The van der Waals surface area contributed by atoms with Crippen LogP contribution < -0.4 is 10.6 Å². The van der Waals surface area contributed by atoms with Gasteiger partial charge in [-0.25, -0.2) is 0 Å². The Bertz CT molecular complexity index is 217. The van der Waals surface area contributed by atoms with Crippen LogP contribution in [0.1, 0.15) is 19.3 Å². The number of alkyl halides is 3. The molecule has 1 aliphatic rings. The van der Waals surface area contributed by atoms with E-state index in [0.717, 1.165) is 25.9 Å². The SMILES string of the molecule is Cl.O=C(CC(F)(F)F)NCCC1CCNC1. The van der Waals surface area contributed by atoms with Crippen molar-refractivity contribution in [2.45, 2.75) is 25.4 Å². The van der Waals surface area contributed by atoms with E-state index in [1.807, 2.05) is 0 Å². The Morgan fingerprint density at radius 2 is 2.12 bits per heavy atom. The third kappa shape index (κ3) is 6.90. The van der Waals surface area contributed by atoms with Gasteiger partial charge >= 0.3 is 6.18 Å². The first-order chi connectivity index (χ1) is 6.97. The molecule has 0 aromatic carbocycles. The number of hydrogen-bond acceptors (Lipinski definition) is 2. The maximum atomic E-state index is 11.8. The van der Waals surface area contributed by atoms with E-state index in [1.165, 1.54) is 0 Å². The van der Waals surface area contributed by atoms with E-state index in [1.54, 1.807) is 0 Å². The number of rotatable bonds is 4. The summed E-state index contributed by atoms with van der Waals surface area (Å²) >= 11 is 0. The van der Waals surface area contributed by atoms with E-state index >= 15 is 0 Å². The van der Waals surface area contributed by atoms with Gasteiger partial charge in [-0.1, -0.05) is 0 Å². The lowest BCUT2D eigenvalue weighted by atomic mass is 10.1. The fraction of sp³-hybridized carbons (Fsp3) is 0.889. The molecule has 96 valence electrons. The molecule has 1 saturated heterocycles. The average molecular weight is 261 g/mol. The van der Waals surface area contributed by atoms with Gasteiger partial charge in [0.15, 0.2) is 0 Å². The molecule has 1 atom stereocenters. The van der Waals surface area contributed by atoms with Crippen molar-refractivity contribution in [1.29, 1.82) is 0 Å². The van der Waals surface area contributed by atoms with Crippen LogP contribution in [0.4, 0.5) is 13.2 Å². The molecule has 0 saturated carbocycles. The Balaban J connectivity index is 0.00000225. The molecule has 1 heterocycles. The highest BCUT2D eigenvalue weighted by Crippen LogP contribution is 2.19. The maximum Gasteiger partial charge on any atom is 0.397 e. The normalized spacial score (nSPS) is 20.3. The van der Waals surface area contributed by atoms with Crippen LogP contribution in [0, 0.1) is 5.92 Å². The number of carbonyl (C=O) groups excluding carboxylic acids is 1. The summed E-state index contributed by atoms with van der Waals surface area (Å²) in [5.74, 6) is -0.454. The van der Waals surface area contributed by atoms with Crippen LogP contribution in [-0.4, -0.2) is 31.7 Å². The van der Waals surface area contributed by atoms with E-state index < -0.39 is 18.5 Å². The first-order valence-electron chi connectivity index (χ1n) is 5.01. The molecular weight excluding hydrogens is 245 g/mol. The quantitative estimate of drug-likeness (QED) is 0.804. The highest BCUT2D eigenvalue weighted by molar-refractivity contribution is 5.85. The van der Waals surface area contributed by atoms with Crippen molar-refractivity contribution in [3.05, 3.63) is 0 Å². The van der Waals surface area contributed by atoms with Gasteiger partial charge in [0.05, 0.1) is 0 Å². The third-order valence-electron chi connectivity index (χ3n) is 2.40. The molecule has 0 aliphatic carbocycles. The van der Waals surface area contributed by atoms with E-state index in [4.69, 9.17) is 0 Å². The first kappa shape index (κ1) is 15.5. The van der Waals surface area contributed by atoms with Crippen LogP contribution in [0.2, 0.25) is 0 Å². The Kier molecular flexibility index (Phi) is 6.74. The smallest absolute Gasteiger partial charge is 0.356 e. The van der Waals surface area contributed by atoms with Gasteiger partial charge in [-0.15, -0.1) is 12.4 Å². The number of nitrogens with one attached hydrogen (secondary N) is 2. The zero-order chi connectivity index (χ0) is 11.3. The van der Waals surface area contributed by atoms with Gasteiger partial charge in [-0.2, -0.15) is 13.2 Å². The Hall–Kier alpha value is -0.490. The fourth-order valence-electron chi connectivity index (χ4n) is 1.62. The predicted molar refractivity (Wildman–Crippen MR) is 56.5 cm³/mol. The van der Waals surface area contributed by atoms with Crippen molar-refractivity contribution >= 4 is 18.3 Å². The second-order valence-electron chi connectivity index (χ2n) is 3.79. The molecule has 1 aliphatic heterocycles. The van der Waals surface area contributed by atoms with Gasteiger partial charge in [0, 0.05) is 6.54 Å². The van der Waals surface area contributed by atoms with Crippen LogP contribution in [0.25, 0.3) is 0 Å². The lowest BCUT2D eigenvalue weighted by Crippen LogP contribution is -2.30. The summed E-state index contributed by atoms with van der Waals surface area (Å²) in [5.41, 5.74) is 0. The molecule has 0 aromatic heterocycles. The number of halogens is 4. The van der Waals surface area contributed by atoms with Crippen LogP contribution in [-0.2, 0) is 4.79 Å². The molecule has 0 radical (unpaired) electrons. The van der Waals surface area contributed by atoms with Crippen molar-refractivity contribution < 1.29 is 18.0 Å². The summed E-state index contributed by atoms with van der Waals surface area (Å²) in [7, 11) is 0. The second-order valence-corrected chi connectivity index (χ2v) is 3.79. The molecule has 1 unspecified atom stereocenters. The monoisotopic (exact) mass is 260 g/mol. The van der Waals surface area contributed by atoms with Gasteiger partial charge in [0.2, 0.25) is 5.91 Å². The second kappa shape index (κ2) is 6.96. The molecule has 7 heteroatoms. The maximum absolute atomic E-state index is 11.8. The van der Waals surface area contributed by atoms with Crippen molar-refractivity contribution in [3.63, 3.8) is 0 Å². The zero-order valence-corrected chi connectivity index (χ0v) is 9.59. The Morgan fingerprint density at radius 1 is 1.44 bits per heavy atom. The molecule has 2 N–H and O–H groups in total. The third-order valence-corrected chi connectivity index (χ3v) is 2.40. The topological polar surface area (TPSA) is 41.1 Å². The lowest BCUT2D eigenvalue weighted by Gasteiger charge is -2.10. The number of hydrogen-bond donors (Lipinski definition) is 2. The van der Waals surface area contributed by atoms with Gasteiger partial charge in [0.25, 0.3) is 0 Å². The minimum absolute atomic E-state index is 0. The molecule has 0 bridgehead atoms. The van der Waals surface area contributed by atoms with Gasteiger partial charge in [-0.05, 0) is 31.8 Å². The van der Waals surface area contributed by atoms with Crippen LogP contribution in [0.5, 0.6) is 0 Å². The summed E-state index contributed by atoms with van der Waals surface area (Å²) in [5, 5.41) is 5.44. The lowest BCUT2D eigenvalue weighted by molar-refractivity contribution is -0.153. The summed E-state index contributed by atoms with van der Waals surface area (Å²) < 4.78 is 35.3. The standard InChI is InChI=1S/C9H15F3N2O.ClH/c10-9(11,12)5-8(15)14-4-2-7-1-3-13-6-7;/h7,13H,1-6H2,(H,14,15);1H. The van der Waals surface area contributed by atoms with Gasteiger partial charge < -0.3 is 10.6 Å². The highest BCUT2D eigenvalue weighted by atomic mass is 35.5. The number of amides is 1. The van der Waals surface area contributed by atoms with Crippen LogP contribution in [0.3, 0.4) is 0 Å². The predicted octanol–water partition coefficient (Wildman–Crippen LogP) is 1.48. The zero-order valence-electron chi connectivity index (χ0n) is 8.77. The fourth-order valence-corrected chi connectivity index (χ4v) is 1.62. The van der Waals surface area contributed by atoms with Crippen molar-refractivity contribution in [2.75, 3.05) is 19.6 Å². The number of carbonyl (C=O) groups is 1. The largest absolute Gasteiger partial charge is 0.397 e.